The molecule has 0 aromatic heterocycles. The second-order valence-electron chi connectivity index (χ2n) is 9.12. The minimum atomic E-state index is -0.700. The summed E-state index contributed by atoms with van der Waals surface area (Å²) in [7, 11) is 3.45. The Morgan fingerprint density at radius 3 is 1.68 bits per heavy atom. The van der Waals surface area contributed by atoms with Crippen LogP contribution in [0, 0.1) is 20.8 Å². The SMILES string of the molecule is Cc1cc2nc3c(=O)[nH]c(=O)nc-3n(C)c2cc1CO.[CH2-]c1cc2c(cc1C)nc1c(=O)[nH]c(=O)nc-1n2C.[W]. The van der Waals surface area contributed by atoms with Crippen molar-refractivity contribution in [2.45, 2.75) is 20.5 Å². The Kier molecular flexibility index (Phi) is 7.55. The fourth-order valence-corrected chi connectivity index (χ4v) is 4.34. The molecule has 0 saturated carbocycles. The monoisotopic (exact) mass is 711 g/mol. The number of aryl methyl sites for hydroxylation is 4. The van der Waals surface area contributed by atoms with Gasteiger partial charge in [-0.3, -0.25) is 19.6 Å². The number of H-pyrrole nitrogens is 2. The summed E-state index contributed by atoms with van der Waals surface area (Å²) >= 11 is 0. The summed E-state index contributed by atoms with van der Waals surface area (Å²) in [5, 5.41) is 9.32. The Morgan fingerprint density at radius 1 is 0.750 bits per heavy atom. The van der Waals surface area contributed by atoms with Crippen LogP contribution in [0.5, 0.6) is 0 Å². The topological polar surface area (TPSA) is 182 Å². The van der Waals surface area contributed by atoms with Crippen molar-refractivity contribution in [1.82, 2.24) is 39.0 Å². The molecule has 0 amide bonds. The zero-order valence-electron chi connectivity index (χ0n) is 21.9. The summed E-state index contributed by atoms with van der Waals surface area (Å²) in [6.45, 7) is 7.64. The number of aliphatic hydroxyl groups is 1. The van der Waals surface area contributed by atoms with Gasteiger partial charge in [0.05, 0.1) is 23.2 Å². The second-order valence-corrected chi connectivity index (χ2v) is 9.12. The van der Waals surface area contributed by atoms with E-state index in [4.69, 9.17) is 0 Å². The van der Waals surface area contributed by atoms with Crippen LogP contribution in [0.2, 0.25) is 0 Å². The quantitative estimate of drug-likeness (QED) is 0.162. The largest absolute Gasteiger partial charge is 0.392 e. The first-order valence-corrected chi connectivity index (χ1v) is 11.7. The first kappa shape index (κ1) is 28.5. The van der Waals surface area contributed by atoms with Crippen LogP contribution in [0.1, 0.15) is 22.3 Å². The van der Waals surface area contributed by atoms with Crippen molar-refractivity contribution >= 4 is 22.1 Å². The average molecular weight is 711 g/mol. The first-order valence-electron chi connectivity index (χ1n) is 11.7. The summed E-state index contributed by atoms with van der Waals surface area (Å²) in [6, 6.07) is 7.31. The van der Waals surface area contributed by atoms with E-state index < -0.39 is 22.5 Å². The number of benzene rings is 2. The van der Waals surface area contributed by atoms with E-state index in [1.165, 1.54) is 0 Å². The molecule has 0 spiro atoms. The van der Waals surface area contributed by atoms with E-state index in [0.29, 0.717) is 16.6 Å². The molecule has 0 fully saturated rings. The van der Waals surface area contributed by atoms with E-state index in [0.717, 1.165) is 27.8 Å². The minimum absolute atomic E-state index is 0. The number of hydrogen-bond acceptors (Lipinski definition) is 9. The Hall–Kier alpha value is -4.48. The number of rotatable bonds is 1. The molecule has 0 unspecified atom stereocenters. The van der Waals surface area contributed by atoms with Crippen molar-refractivity contribution < 1.29 is 26.2 Å². The maximum absolute atomic E-state index is 11.8. The van der Waals surface area contributed by atoms with Gasteiger partial charge >= 0.3 is 11.4 Å². The van der Waals surface area contributed by atoms with Crippen LogP contribution in [0.15, 0.2) is 43.4 Å². The van der Waals surface area contributed by atoms with E-state index in [-0.39, 0.29) is 50.7 Å². The summed E-state index contributed by atoms with van der Waals surface area (Å²) in [4.78, 5) is 66.5. The normalized spacial score (nSPS) is 11.0. The molecule has 4 heterocycles. The number of nitrogens with zero attached hydrogens (tertiary/aromatic N) is 6. The third kappa shape index (κ3) is 4.85. The summed E-state index contributed by atoms with van der Waals surface area (Å²) < 4.78 is 3.31. The van der Waals surface area contributed by atoms with E-state index in [9.17, 15) is 24.3 Å². The van der Waals surface area contributed by atoms with Crippen LogP contribution in [-0.2, 0) is 41.8 Å². The van der Waals surface area contributed by atoms with Gasteiger partial charge < -0.3 is 14.2 Å². The molecule has 13 nitrogen and oxygen atoms in total. The molecule has 3 N–H and O–H groups in total. The molecule has 6 rings (SSSR count). The molecule has 0 saturated heterocycles. The number of aromatic amines is 2. The summed E-state index contributed by atoms with van der Waals surface area (Å²) in [5.41, 5.74) is 4.10. The molecule has 4 aliphatic heterocycles. The molecule has 2 aromatic rings. The third-order valence-corrected chi connectivity index (χ3v) is 6.57. The molecule has 14 heteroatoms. The third-order valence-electron chi connectivity index (χ3n) is 6.57. The van der Waals surface area contributed by atoms with Crippen LogP contribution in [0.3, 0.4) is 0 Å². The van der Waals surface area contributed by atoms with Gasteiger partial charge in [0.2, 0.25) is 0 Å². The Bertz CT molecular complexity index is 2110. The van der Waals surface area contributed by atoms with Crippen LogP contribution < -0.4 is 22.5 Å². The zero-order valence-corrected chi connectivity index (χ0v) is 24.8. The van der Waals surface area contributed by atoms with Crippen LogP contribution >= 0.6 is 0 Å². The molecule has 40 heavy (non-hydrogen) atoms. The second kappa shape index (κ2) is 10.6. The van der Waals surface area contributed by atoms with Gasteiger partial charge in [-0.2, -0.15) is 22.5 Å². The van der Waals surface area contributed by atoms with Crippen molar-refractivity contribution in [3.8, 4) is 23.0 Å². The molecular weight excluding hydrogens is 688 g/mol. The predicted molar refractivity (Wildman–Crippen MR) is 144 cm³/mol. The fourth-order valence-electron chi connectivity index (χ4n) is 4.34. The average Bonchev–Trinajstić information content (AvgIpc) is 2.87. The number of fused-ring (bicyclic) bond motifs is 4. The van der Waals surface area contributed by atoms with E-state index in [2.05, 4.69) is 36.8 Å². The molecule has 204 valence electrons. The van der Waals surface area contributed by atoms with Crippen molar-refractivity contribution in [3.05, 3.63) is 95.1 Å². The van der Waals surface area contributed by atoms with Gasteiger partial charge in [0.25, 0.3) is 11.1 Å². The van der Waals surface area contributed by atoms with E-state index in [1.54, 1.807) is 35.4 Å². The molecular formula is C26H23N8O5W-. The smallest absolute Gasteiger partial charge is 0.349 e. The van der Waals surface area contributed by atoms with Gasteiger partial charge in [-0.1, -0.05) is 13.0 Å². The first-order chi connectivity index (χ1) is 18.5. The zero-order chi connectivity index (χ0) is 28.2. The Morgan fingerprint density at radius 2 is 1.20 bits per heavy atom. The molecule has 0 radical (unpaired) electrons. The number of hydrogen-bond donors (Lipinski definition) is 3. The van der Waals surface area contributed by atoms with Crippen molar-refractivity contribution in [3.63, 3.8) is 0 Å². The van der Waals surface area contributed by atoms with Crippen LogP contribution in [0.4, 0.5) is 0 Å². The number of nitrogens with one attached hydrogen (secondary N) is 2. The standard InChI is InChI=1S/C13H12N4O3.C13H11N4O2.W/c1-6-3-8-9(4-7(6)5-18)17(2)11-10(14-8)12(19)16-13(20)15-11;1-6-4-8-9(5-7(6)2)17(3)11-10(14-8)12(18)16-13(19)15-11;/h3-4,18H,5H2,1-2H3,(H,16,19,20);4-5H,2H2,1,3H3,(H,16,18,19);/q;-1;. The fraction of sp³-hybridized carbons (Fsp3) is 0.192. The summed E-state index contributed by atoms with van der Waals surface area (Å²) in [5.74, 6) is 0.489. The summed E-state index contributed by atoms with van der Waals surface area (Å²) in [6.07, 6.45) is 0. The van der Waals surface area contributed by atoms with Crippen molar-refractivity contribution in [2.24, 2.45) is 14.1 Å². The molecule has 4 aliphatic rings. The van der Waals surface area contributed by atoms with Gasteiger partial charge in [-0.15, -0.1) is 11.6 Å². The predicted octanol–water partition coefficient (Wildman–Crippen LogP) is 0.532. The van der Waals surface area contributed by atoms with Gasteiger partial charge in [0.15, 0.2) is 23.0 Å². The molecule has 2 aromatic carbocycles. The molecule has 0 bridgehead atoms. The molecule has 0 atom stereocenters. The van der Waals surface area contributed by atoms with Crippen molar-refractivity contribution in [1.29, 1.82) is 0 Å². The Labute approximate surface area is 239 Å². The van der Waals surface area contributed by atoms with Gasteiger partial charge in [0.1, 0.15) is 0 Å². The van der Waals surface area contributed by atoms with Gasteiger partial charge in [-0.25, -0.2) is 19.6 Å². The van der Waals surface area contributed by atoms with E-state index in [1.807, 2.05) is 26.0 Å². The minimum Gasteiger partial charge on any atom is -0.392 e. The van der Waals surface area contributed by atoms with Crippen molar-refractivity contribution in [2.75, 3.05) is 0 Å². The maximum atomic E-state index is 11.8. The van der Waals surface area contributed by atoms with E-state index >= 15 is 0 Å². The van der Waals surface area contributed by atoms with Gasteiger partial charge in [-0.05, 0) is 30.2 Å². The van der Waals surface area contributed by atoms with Crippen LogP contribution in [0.25, 0.3) is 45.1 Å². The number of aromatic nitrogens is 8. The Balaban J connectivity index is 0.000000181. The molecule has 0 aliphatic carbocycles. The van der Waals surface area contributed by atoms with Gasteiger partial charge in [0, 0.05) is 40.7 Å². The van der Waals surface area contributed by atoms with Crippen LogP contribution in [-0.4, -0.2) is 44.1 Å². The number of aliphatic hydroxyl groups excluding tert-OH is 1. The maximum Gasteiger partial charge on any atom is 0.349 e.